The van der Waals surface area contributed by atoms with E-state index >= 15 is 0 Å². The number of hydrogen-bond donors (Lipinski definition) is 0. The zero-order valence-electron chi connectivity index (χ0n) is 13.6. The molecule has 0 aromatic carbocycles. The van der Waals surface area contributed by atoms with E-state index in [1.54, 1.807) is 12.4 Å². The minimum Gasteiger partial charge on any atom is -0.186 e. The van der Waals surface area contributed by atoms with Gasteiger partial charge >= 0.3 is 0 Å². The van der Waals surface area contributed by atoms with Crippen molar-refractivity contribution in [1.29, 1.82) is 5.26 Å². The van der Waals surface area contributed by atoms with Gasteiger partial charge in [0, 0.05) is 6.21 Å². The number of aliphatic imine (C=N–C) groups is 1. The van der Waals surface area contributed by atoms with Crippen LogP contribution in [0.4, 0.5) is 0 Å². The second-order valence-corrected chi connectivity index (χ2v) is 5.80. The molecule has 0 bridgehead atoms. The topological polar surface area (TPSA) is 36.1 Å². The Labute approximate surface area is 126 Å². The van der Waals surface area contributed by atoms with Gasteiger partial charge in [-0.2, -0.15) is 10.3 Å². The average Bonchev–Trinajstić information content (AvgIpc) is 2.47. The number of nitriles is 1. The maximum atomic E-state index is 8.23. The summed E-state index contributed by atoms with van der Waals surface area (Å²) in [6.45, 7) is 2.28. The lowest BCUT2D eigenvalue weighted by Gasteiger charge is -2.02. The van der Waals surface area contributed by atoms with Gasteiger partial charge in [0.1, 0.15) is 0 Å². The lowest BCUT2D eigenvalue weighted by atomic mass is 10.0. The molecule has 0 aliphatic heterocycles. The molecule has 0 spiro atoms. The van der Waals surface area contributed by atoms with Crippen LogP contribution < -0.4 is 0 Å². The maximum Gasteiger partial charge on any atom is 0.205 e. The van der Waals surface area contributed by atoms with E-state index < -0.39 is 0 Å². The Morgan fingerprint density at radius 1 is 0.700 bits per heavy atom. The summed E-state index contributed by atoms with van der Waals surface area (Å²) in [5.74, 6) is 0. The predicted molar refractivity (Wildman–Crippen MR) is 89.0 cm³/mol. The van der Waals surface area contributed by atoms with Crippen LogP contribution in [0.3, 0.4) is 0 Å². The minimum atomic E-state index is 0.964. The summed E-state index contributed by atoms with van der Waals surface area (Å²) in [5.41, 5.74) is 0. The van der Waals surface area contributed by atoms with Crippen LogP contribution in [0.5, 0.6) is 0 Å². The third-order valence-corrected chi connectivity index (χ3v) is 3.84. The van der Waals surface area contributed by atoms with Crippen molar-refractivity contribution >= 4 is 6.21 Å². The lowest BCUT2D eigenvalue weighted by Crippen LogP contribution is -1.83. The third-order valence-electron chi connectivity index (χ3n) is 3.84. The first-order valence-electron chi connectivity index (χ1n) is 8.82. The maximum absolute atomic E-state index is 8.23. The van der Waals surface area contributed by atoms with Crippen molar-refractivity contribution in [3.8, 4) is 6.19 Å². The molecule has 2 nitrogen and oxygen atoms in total. The Hall–Kier alpha value is -0.840. The SMILES string of the molecule is CCCCCCCCCCCCCCCCC=NC#N. The van der Waals surface area contributed by atoms with Gasteiger partial charge in [-0.15, -0.1) is 0 Å². The molecule has 0 aromatic rings. The number of hydrogen-bond acceptors (Lipinski definition) is 2. The van der Waals surface area contributed by atoms with Crippen molar-refractivity contribution in [1.82, 2.24) is 0 Å². The van der Waals surface area contributed by atoms with Gasteiger partial charge in [-0.3, -0.25) is 0 Å². The van der Waals surface area contributed by atoms with Crippen molar-refractivity contribution in [2.24, 2.45) is 4.99 Å². The van der Waals surface area contributed by atoms with E-state index in [1.165, 1.54) is 89.9 Å². The Kier molecular flexibility index (Phi) is 17.4. The van der Waals surface area contributed by atoms with Gasteiger partial charge < -0.3 is 0 Å². The van der Waals surface area contributed by atoms with Gasteiger partial charge in [-0.05, 0) is 12.8 Å². The van der Waals surface area contributed by atoms with Gasteiger partial charge in [0.2, 0.25) is 6.19 Å². The molecule has 0 aliphatic rings. The molecule has 116 valence electrons. The Morgan fingerprint density at radius 3 is 1.50 bits per heavy atom. The van der Waals surface area contributed by atoms with Crippen LogP contribution in [0.15, 0.2) is 4.99 Å². The summed E-state index contributed by atoms with van der Waals surface area (Å²) in [7, 11) is 0. The van der Waals surface area contributed by atoms with Gasteiger partial charge in [0.05, 0.1) is 0 Å². The summed E-state index contributed by atoms with van der Waals surface area (Å²) in [6.07, 6.45) is 23.9. The van der Waals surface area contributed by atoms with Gasteiger partial charge in [0.15, 0.2) is 0 Å². The van der Waals surface area contributed by atoms with E-state index in [4.69, 9.17) is 5.26 Å². The lowest BCUT2D eigenvalue weighted by molar-refractivity contribution is 0.537. The van der Waals surface area contributed by atoms with Crippen molar-refractivity contribution in [2.75, 3.05) is 0 Å². The van der Waals surface area contributed by atoms with E-state index in [0.29, 0.717) is 0 Å². The molecule has 2 heteroatoms. The standard InChI is InChI=1S/C18H34N2/c1-2-3-4-5-6-7-8-9-10-11-12-13-14-15-16-17-20-18-19/h17H,2-16H2,1H3. The molecule has 0 saturated carbocycles. The third kappa shape index (κ3) is 17.2. The molecule has 0 heterocycles. The highest BCUT2D eigenvalue weighted by atomic mass is 14.7. The highest BCUT2D eigenvalue weighted by Gasteiger charge is 1.93. The number of rotatable bonds is 15. The van der Waals surface area contributed by atoms with E-state index in [-0.39, 0.29) is 0 Å². The smallest absolute Gasteiger partial charge is 0.186 e. The largest absolute Gasteiger partial charge is 0.205 e. The van der Waals surface area contributed by atoms with Crippen molar-refractivity contribution in [3.05, 3.63) is 0 Å². The van der Waals surface area contributed by atoms with Gasteiger partial charge in [0.25, 0.3) is 0 Å². The summed E-state index contributed by atoms with van der Waals surface area (Å²) in [4.78, 5) is 3.55. The molecule has 0 atom stereocenters. The molecule has 0 aromatic heterocycles. The fourth-order valence-electron chi connectivity index (χ4n) is 2.54. The van der Waals surface area contributed by atoms with Crippen molar-refractivity contribution in [3.63, 3.8) is 0 Å². The number of unbranched alkanes of at least 4 members (excludes halogenated alkanes) is 14. The van der Waals surface area contributed by atoms with E-state index in [9.17, 15) is 0 Å². The van der Waals surface area contributed by atoms with Crippen LogP contribution >= 0.6 is 0 Å². The van der Waals surface area contributed by atoms with Crippen LogP contribution in [0.2, 0.25) is 0 Å². The summed E-state index contributed by atoms with van der Waals surface area (Å²) in [6, 6.07) is 0. The van der Waals surface area contributed by atoms with E-state index in [0.717, 1.165) is 6.42 Å². The van der Waals surface area contributed by atoms with E-state index in [1.807, 2.05) is 0 Å². The fraction of sp³-hybridized carbons (Fsp3) is 0.889. The zero-order chi connectivity index (χ0) is 14.7. The minimum absolute atomic E-state index is 0.964. The first-order valence-corrected chi connectivity index (χ1v) is 8.82. The van der Waals surface area contributed by atoms with Crippen LogP contribution in [-0.2, 0) is 0 Å². The normalized spacial score (nSPS) is 11.0. The van der Waals surface area contributed by atoms with Crippen LogP contribution in [0, 0.1) is 11.5 Å². The van der Waals surface area contributed by atoms with Crippen molar-refractivity contribution in [2.45, 2.75) is 103 Å². The monoisotopic (exact) mass is 278 g/mol. The molecular weight excluding hydrogens is 244 g/mol. The van der Waals surface area contributed by atoms with Crippen LogP contribution in [0.25, 0.3) is 0 Å². The molecule has 0 unspecified atom stereocenters. The molecule has 0 radical (unpaired) electrons. The molecule has 0 N–H and O–H groups in total. The zero-order valence-corrected chi connectivity index (χ0v) is 13.6. The Morgan fingerprint density at radius 2 is 1.10 bits per heavy atom. The molecule has 0 aliphatic carbocycles. The van der Waals surface area contributed by atoms with Crippen LogP contribution in [-0.4, -0.2) is 6.21 Å². The Balaban J connectivity index is 2.96. The Bertz CT molecular complexity index is 240. The first kappa shape index (κ1) is 19.2. The second-order valence-electron chi connectivity index (χ2n) is 5.80. The average molecular weight is 278 g/mol. The van der Waals surface area contributed by atoms with Crippen molar-refractivity contribution < 1.29 is 0 Å². The molecule has 0 amide bonds. The summed E-state index contributed by atoms with van der Waals surface area (Å²) >= 11 is 0. The molecule has 0 fully saturated rings. The predicted octanol–water partition coefficient (Wildman–Crippen LogP) is 6.41. The summed E-state index contributed by atoms with van der Waals surface area (Å²) < 4.78 is 0. The molecule has 0 saturated heterocycles. The molecule has 20 heavy (non-hydrogen) atoms. The first-order chi connectivity index (χ1) is 9.91. The summed E-state index contributed by atoms with van der Waals surface area (Å²) in [5, 5.41) is 8.23. The quantitative estimate of drug-likeness (QED) is 0.194. The van der Waals surface area contributed by atoms with Gasteiger partial charge in [-0.1, -0.05) is 90.4 Å². The highest BCUT2D eigenvalue weighted by molar-refractivity contribution is 5.58. The molecule has 0 rings (SSSR count). The fourth-order valence-corrected chi connectivity index (χ4v) is 2.54. The highest BCUT2D eigenvalue weighted by Crippen LogP contribution is 2.13. The van der Waals surface area contributed by atoms with E-state index in [2.05, 4.69) is 11.9 Å². The van der Waals surface area contributed by atoms with Crippen LogP contribution in [0.1, 0.15) is 103 Å². The van der Waals surface area contributed by atoms with Gasteiger partial charge in [-0.25, -0.2) is 0 Å². The number of nitrogens with zero attached hydrogens (tertiary/aromatic N) is 2. The molecular formula is C18H34N2. The second kappa shape index (κ2) is 18.2.